The van der Waals surface area contributed by atoms with E-state index in [2.05, 4.69) is 15.2 Å². The molecule has 3 rings (SSSR count). The molecule has 11 heteroatoms. The van der Waals surface area contributed by atoms with Crippen LogP contribution in [0, 0.1) is 31.0 Å². The highest BCUT2D eigenvalue weighted by Gasteiger charge is 2.37. The number of aryl methyl sites for hydroxylation is 1. The van der Waals surface area contributed by atoms with Crippen molar-refractivity contribution in [3.05, 3.63) is 58.1 Å². The topological polar surface area (TPSA) is 94.5 Å². The Bertz CT molecular complexity index is 1240. The first-order valence-corrected chi connectivity index (χ1v) is 8.33. The number of amides is 1. The molecule has 0 saturated heterocycles. The van der Waals surface area contributed by atoms with Crippen molar-refractivity contribution < 1.29 is 26.7 Å². The van der Waals surface area contributed by atoms with Crippen LogP contribution in [0.4, 0.5) is 27.6 Å². The van der Waals surface area contributed by atoms with Crippen LogP contribution >= 0.6 is 0 Å². The summed E-state index contributed by atoms with van der Waals surface area (Å²) in [4.78, 5) is 15.3. The van der Waals surface area contributed by atoms with E-state index in [4.69, 9.17) is 5.26 Å². The highest BCUT2D eigenvalue weighted by molar-refractivity contribution is 6.06. The first-order chi connectivity index (χ1) is 14.0. The second-order valence-corrected chi connectivity index (χ2v) is 6.29. The Labute approximate surface area is 166 Å². The molecule has 1 aromatic carbocycles. The summed E-state index contributed by atoms with van der Waals surface area (Å²) in [6, 6.07) is 4.30. The van der Waals surface area contributed by atoms with Gasteiger partial charge >= 0.3 is 6.18 Å². The van der Waals surface area contributed by atoms with E-state index >= 15 is 0 Å². The fourth-order valence-electron chi connectivity index (χ4n) is 2.76. The number of alkyl halides is 3. The molecule has 0 aliphatic heterocycles. The second kappa shape index (κ2) is 7.55. The minimum Gasteiger partial charge on any atom is -0.318 e. The van der Waals surface area contributed by atoms with Gasteiger partial charge in [-0.15, -0.1) is 0 Å². The standard InChI is InChI=1S/C19H12F5N5O/c1-8-11(6-25)7-26-17(19(22,23)24)15(8)27-18(30)13(20)5-10-3-4-12-9(2)28-29-16(12)14(10)21/h3-5,7H,1-2H3,(H,27,30)(H,28,29)/b13-5-. The molecule has 0 radical (unpaired) electrons. The Hall–Kier alpha value is -3.81. The number of aromatic nitrogens is 3. The van der Waals surface area contributed by atoms with Crippen molar-refractivity contribution in [3.63, 3.8) is 0 Å². The highest BCUT2D eigenvalue weighted by Crippen LogP contribution is 2.36. The van der Waals surface area contributed by atoms with Crippen molar-refractivity contribution in [2.75, 3.05) is 5.32 Å². The van der Waals surface area contributed by atoms with Crippen LogP contribution in [-0.4, -0.2) is 21.1 Å². The molecule has 0 aliphatic rings. The Morgan fingerprint density at radius 3 is 2.63 bits per heavy atom. The lowest BCUT2D eigenvalue weighted by Crippen LogP contribution is -2.20. The molecule has 0 saturated carbocycles. The van der Waals surface area contributed by atoms with Crippen LogP contribution in [0.1, 0.15) is 28.1 Å². The van der Waals surface area contributed by atoms with Crippen LogP contribution in [0.5, 0.6) is 0 Å². The quantitative estimate of drug-likeness (QED) is 0.479. The average Bonchev–Trinajstić information content (AvgIpc) is 3.06. The van der Waals surface area contributed by atoms with Gasteiger partial charge in [-0.1, -0.05) is 12.1 Å². The van der Waals surface area contributed by atoms with Crippen molar-refractivity contribution in [1.82, 2.24) is 15.2 Å². The molecule has 0 atom stereocenters. The number of halogens is 5. The largest absolute Gasteiger partial charge is 0.435 e. The normalized spacial score (nSPS) is 12.1. The summed E-state index contributed by atoms with van der Waals surface area (Å²) in [5, 5.41) is 17.5. The van der Waals surface area contributed by atoms with Gasteiger partial charge in [-0.2, -0.15) is 23.5 Å². The van der Waals surface area contributed by atoms with Crippen LogP contribution in [0.15, 0.2) is 24.2 Å². The van der Waals surface area contributed by atoms with E-state index in [1.54, 1.807) is 18.3 Å². The molecular weight excluding hydrogens is 409 g/mol. The van der Waals surface area contributed by atoms with Crippen LogP contribution in [0.25, 0.3) is 17.0 Å². The Morgan fingerprint density at radius 1 is 1.30 bits per heavy atom. The third kappa shape index (κ3) is 3.71. The SMILES string of the molecule is Cc1c(C#N)cnc(C(F)(F)F)c1NC(=O)/C(F)=C/c1ccc2c(C)[nH]nc2c1F. The van der Waals surface area contributed by atoms with E-state index in [9.17, 15) is 26.7 Å². The van der Waals surface area contributed by atoms with E-state index in [0.717, 1.165) is 6.92 Å². The average molecular weight is 421 g/mol. The molecule has 0 spiro atoms. The molecule has 30 heavy (non-hydrogen) atoms. The van der Waals surface area contributed by atoms with E-state index in [-0.39, 0.29) is 22.2 Å². The molecule has 0 fully saturated rings. The van der Waals surface area contributed by atoms with Gasteiger partial charge in [0.1, 0.15) is 11.6 Å². The first kappa shape index (κ1) is 20.9. The van der Waals surface area contributed by atoms with Crippen LogP contribution in [-0.2, 0) is 11.0 Å². The van der Waals surface area contributed by atoms with Crippen LogP contribution in [0.3, 0.4) is 0 Å². The molecule has 154 valence electrons. The zero-order valence-corrected chi connectivity index (χ0v) is 15.4. The summed E-state index contributed by atoms with van der Waals surface area (Å²) < 4.78 is 68.5. The number of fused-ring (bicyclic) bond motifs is 1. The minimum absolute atomic E-state index is 0.0735. The van der Waals surface area contributed by atoms with Gasteiger partial charge in [0, 0.05) is 22.8 Å². The lowest BCUT2D eigenvalue weighted by molar-refractivity contribution is -0.140. The summed E-state index contributed by atoms with van der Waals surface area (Å²) in [6.45, 7) is 2.81. The van der Waals surface area contributed by atoms with Crippen LogP contribution < -0.4 is 5.32 Å². The summed E-state index contributed by atoms with van der Waals surface area (Å²) in [5.74, 6) is -4.01. The number of rotatable bonds is 3. The zero-order chi connectivity index (χ0) is 22.2. The number of benzene rings is 1. The van der Waals surface area contributed by atoms with E-state index in [1.807, 2.05) is 0 Å². The molecule has 2 aromatic heterocycles. The van der Waals surface area contributed by atoms with Gasteiger partial charge in [-0.05, 0) is 25.5 Å². The molecule has 0 aliphatic carbocycles. The number of carbonyl (C=O) groups is 1. The second-order valence-electron chi connectivity index (χ2n) is 6.29. The van der Waals surface area contributed by atoms with Crippen molar-refractivity contribution in [1.29, 1.82) is 5.26 Å². The molecular formula is C19H12F5N5O. The molecule has 0 unspecified atom stereocenters. The Morgan fingerprint density at radius 2 is 2.00 bits per heavy atom. The maximum Gasteiger partial charge on any atom is 0.435 e. The monoisotopic (exact) mass is 421 g/mol. The first-order valence-electron chi connectivity index (χ1n) is 8.33. The van der Waals surface area contributed by atoms with E-state index in [1.165, 1.54) is 12.1 Å². The third-order valence-electron chi connectivity index (χ3n) is 4.35. The zero-order valence-electron chi connectivity index (χ0n) is 15.4. The van der Waals surface area contributed by atoms with Crippen molar-refractivity contribution in [2.24, 2.45) is 0 Å². The lowest BCUT2D eigenvalue weighted by atomic mass is 10.1. The number of carbonyl (C=O) groups excluding carboxylic acids is 1. The smallest absolute Gasteiger partial charge is 0.318 e. The molecule has 2 heterocycles. The third-order valence-corrected chi connectivity index (χ3v) is 4.35. The molecule has 2 N–H and O–H groups in total. The number of hydrogen-bond donors (Lipinski definition) is 2. The lowest BCUT2D eigenvalue weighted by Gasteiger charge is -2.15. The maximum absolute atomic E-state index is 14.5. The predicted molar refractivity (Wildman–Crippen MR) is 97.2 cm³/mol. The summed E-state index contributed by atoms with van der Waals surface area (Å²) in [7, 11) is 0. The van der Waals surface area contributed by atoms with Gasteiger partial charge in [0.05, 0.1) is 11.3 Å². The van der Waals surface area contributed by atoms with Gasteiger partial charge in [-0.3, -0.25) is 9.89 Å². The fourth-order valence-corrected chi connectivity index (χ4v) is 2.76. The van der Waals surface area contributed by atoms with Gasteiger partial charge in [0.25, 0.3) is 5.91 Å². The van der Waals surface area contributed by atoms with Gasteiger partial charge < -0.3 is 5.32 Å². The maximum atomic E-state index is 14.5. The van der Waals surface area contributed by atoms with Crippen molar-refractivity contribution in [2.45, 2.75) is 20.0 Å². The van der Waals surface area contributed by atoms with Gasteiger partial charge in [-0.25, -0.2) is 13.8 Å². The van der Waals surface area contributed by atoms with Gasteiger partial charge in [0.15, 0.2) is 17.3 Å². The molecule has 3 aromatic rings. The summed E-state index contributed by atoms with van der Waals surface area (Å²) in [6.07, 6.45) is -3.72. The van der Waals surface area contributed by atoms with Crippen LogP contribution in [0.2, 0.25) is 0 Å². The molecule has 6 nitrogen and oxygen atoms in total. The number of nitrogens with one attached hydrogen (secondary N) is 2. The van der Waals surface area contributed by atoms with Crippen molar-refractivity contribution >= 4 is 28.6 Å². The van der Waals surface area contributed by atoms with E-state index < -0.39 is 35.1 Å². The van der Waals surface area contributed by atoms with E-state index in [0.29, 0.717) is 23.4 Å². The number of nitrogens with zero attached hydrogens (tertiary/aromatic N) is 3. The number of aromatic amines is 1. The highest BCUT2D eigenvalue weighted by atomic mass is 19.4. The molecule has 1 amide bonds. The minimum atomic E-state index is -4.96. The summed E-state index contributed by atoms with van der Waals surface area (Å²) >= 11 is 0. The Balaban J connectivity index is 1.99. The number of pyridine rings is 1. The van der Waals surface area contributed by atoms with Crippen molar-refractivity contribution in [3.8, 4) is 6.07 Å². The number of hydrogen-bond acceptors (Lipinski definition) is 4. The fraction of sp³-hybridized carbons (Fsp3) is 0.158. The molecule has 0 bridgehead atoms. The predicted octanol–water partition coefficient (Wildman–Crippen LogP) is 4.55. The Kier molecular flexibility index (Phi) is 5.26. The van der Waals surface area contributed by atoms with Gasteiger partial charge in [0.2, 0.25) is 0 Å². The summed E-state index contributed by atoms with van der Waals surface area (Å²) in [5.41, 5.74) is -2.62. The number of nitriles is 1. The number of anilines is 1. The number of H-pyrrole nitrogens is 1.